The van der Waals surface area contributed by atoms with Crippen molar-refractivity contribution in [1.82, 2.24) is 9.97 Å². The van der Waals surface area contributed by atoms with Gasteiger partial charge in [-0.2, -0.15) is 0 Å². The molecule has 0 fully saturated rings. The molecule has 9 aromatic rings. The van der Waals surface area contributed by atoms with E-state index in [1.54, 1.807) is 0 Å². The van der Waals surface area contributed by atoms with E-state index < -0.39 is 0 Å². The van der Waals surface area contributed by atoms with Gasteiger partial charge in [0, 0.05) is 50.3 Å². The first-order valence-electron chi connectivity index (χ1n) is 16.1. The second kappa shape index (κ2) is 11.7. The van der Waals surface area contributed by atoms with Crippen LogP contribution in [-0.2, 0) is 0 Å². The summed E-state index contributed by atoms with van der Waals surface area (Å²) >= 11 is 0. The van der Waals surface area contributed by atoms with Gasteiger partial charge in [0.2, 0.25) is 0 Å². The molecule has 9 rings (SSSR count). The Morgan fingerprint density at radius 1 is 0.417 bits per heavy atom. The Morgan fingerprint density at radius 3 is 1.52 bits per heavy atom. The smallest absolute Gasteiger partial charge is 0.161 e. The largest absolute Gasteiger partial charge is 0.456 e. The minimum absolute atomic E-state index is 0.659. The van der Waals surface area contributed by atoms with Crippen molar-refractivity contribution in [2.45, 2.75) is 0 Å². The summed E-state index contributed by atoms with van der Waals surface area (Å²) in [6.45, 7) is 0. The molecular weight excluding hydrogens is 587 g/mol. The van der Waals surface area contributed by atoms with Crippen molar-refractivity contribution in [3.63, 3.8) is 0 Å². The van der Waals surface area contributed by atoms with E-state index in [-0.39, 0.29) is 0 Å². The van der Waals surface area contributed by atoms with Gasteiger partial charge in [0.15, 0.2) is 5.82 Å². The molecule has 0 aliphatic rings. The first-order valence-corrected chi connectivity index (χ1v) is 16.1. The highest BCUT2D eigenvalue weighted by Crippen LogP contribution is 2.46. The number of furan rings is 1. The molecule has 0 aliphatic carbocycles. The Bertz CT molecular complexity index is 2450. The summed E-state index contributed by atoms with van der Waals surface area (Å²) in [6, 6.07) is 60.6. The summed E-state index contributed by atoms with van der Waals surface area (Å²) in [7, 11) is 0. The van der Waals surface area contributed by atoms with Crippen molar-refractivity contribution in [3.8, 4) is 33.9 Å². The average Bonchev–Trinajstić information content (AvgIpc) is 3.55. The van der Waals surface area contributed by atoms with Gasteiger partial charge in [-0.1, -0.05) is 133 Å². The van der Waals surface area contributed by atoms with Crippen molar-refractivity contribution < 1.29 is 4.42 Å². The summed E-state index contributed by atoms with van der Waals surface area (Å²) in [6.07, 6.45) is 0. The first-order chi connectivity index (χ1) is 23.8. The van der Waals surface area contributed by atoms with Crippen LogP contribution < -0.4 is 4.90 Å². The molecule has 0 aliphatic heterocycles. The Labute approximate surface area is 278 Å². The summed E-state index contributed by atoms with van der Waals surface area (Å²) in [5.41, 5.74) is 9.56. The molecule has 0 saturated heterocycles. The van der Waals surface area contributed by atoms with Crippen LogP contribution in [-0.4, -0.2) is 9.97 Å². The summed E-state index contributed by atoms with van der Waals surface area (Å²) < 4.78 is 6.73. The zero-order chi connectivity index (χ0) is 31.9. The fraction of sp³-hybridized carbons (Fsp3) is 0. The molecular formula is C44H29N3O. The normalized spacial score (nSPS) is 11.3. The quantitative estimate of drug-likeness (QED) is 0.187. The maximum atomic E-state index is 6.73. The minimum Gasteiger partial charge on any atom is -0.456 e. The lowest BCUT2D eigenvalue weighted by atomic mass is 9.98. The van der Waals surface area contributed by atoms with Gasteiger partial charge in [-0.15, -0.1) is 0 Å². The third-order valence-corrected chi connectivity index (χ3v) is 8.86. The van der Waals surface area contributed by atoms with Gasteiger partial charge in [-0.3, -0.25) is 0 Å². The van der Waals surface area contributed by atoms with Crippen LogP contribution in [0.5, 0.6) is 0 Å². The van der Waals surface area contributed by atoms with Gasteiger partial charge in [0.1, 0.15) is 11.2 Å². The number of aromatic nitrogens is 2. The number of benzene rings is 7. The second-order valence-corrected chi connectivity index (χ2v) is 11.8. The van der Waals surface area contributed by atoms with Gasteiger partial charge in [0.25, 0.3) is 0 Å². The van der Waals surface area contributed by atoms with E-state index in [0.717, 1.165) is 77.9 Å². The maximum Gasteiger partial charge on any atom is 0.161 e. The maximum absolute atomic E-state index is 6.73. The van der Waals surface area contributed by atoms with Crippen molar-refractivity contribution in [1.29, 1.82) is 0 Å². The molecule has 7 aromatic carbocycles. The predicted octanol–water partition coefficient (Wildman–Crippen LogP) is 12.0. The molecule has 0 atom stereocenters. The zero-order valence-corrected chi connectivity index (χ0v) is 26.0. The highest BCUT2D eigenvalue weighted by molar-refractivity contribution is 6.25. The molecule has 226 valence electrons. The molecule has 2 aromatic heterocycles. The lowest BCUT2D eigenvalue weighted by Crippen LogP contribution is -2.10. The van der Waals surface area contributed by atoms with E-state index in [4.69, 9.17) is 14.4 Å². The van der Waals surface area contributed by atoms with Crippen LogP contribution in [0.15, 0.2) is 180 Å². The highest BCUT2D eigenvalue weighted by Gasteiger charge is 2.22. The van der Waals surface area contributed by atoms with Gasteiger partial charge in [-0.05, 0) is 41.8 Å². The van der Waals surface area contributed by atoms with E-state index in [1.165, 1.54) is 0 Å². The number of fused-ring (bicyclic) bond motifs is 5. The van der Waals surface area contributed by atoms with Crippen LogP contribution in [0, 0.1) is 0 Å². The standard InChI is InChI=1S/C44H29N3O/c1-5-16-30(17-6-1)37-28-38(31-18-7-2-8-19-31)46-44(45-37)36-26-15-27-40-43(36)42-35-25-14-13-24-34(35)39(29-41(42)48-40)47(32-20-9-3-10-21-32)33-22-11-4-12-23-33/h1-29H. The first kappa shape index (κ1) is 27.8. The van der Waals surface area contributed by atoms with Crippen LogP contribution in [0.25, 0.3) is 66.6 Å². The Balaban J connectivity index is 1.33. The minimum atomic E-state index is 0.659. The Kier molecular flexibility index (Phi) is 6.76. The molecule has 0 saturated carbocycles. The van der Waals surface area contributed by atoms with Crippen molar-refractivity contribution in [3.05, 3.63) is 176 Å². The zero-order valence-electron chi connectivity index (χ0n) is 26.0. The summed E-state index contributed by atoms with van der Waals surface area (Å²) in [4.78, 5) is 12.7. The molecule has 0 spiro atoms. The topological polar surface area (TPSA) is 42.2 Å². The lowest BCUT2D eigenvalue weighted by Gasteiger charge is -2.27. The fourth-order valence-electron chi connectivity index (χ4n) is 6.70. The fourth-order valence-corrected chi connectivity index (χ4v) is 6.70. The van der Waals surface area contributed by atoms with E-state index in [9.17, 15) is 0 Å². The number of nitrogens with zero attached hydrogens (tertiary/aromatic N) is 3. The number of rotatable bonds is 6. The van der Waals surface area contributed by atoms with E-state index in [1.807, 2.05) is 60.7 Å². The Morgan fingerprint density at radius 2 is 0.938 bits per heavy atom. The molecule has 0 unspecified atom stereocenters. The molecule has 48 heavy (non-hydrogen) atoms. The SMILES string of the molecule is c1ccc(-c2cc(-c3ccccc3)nc(-c3cccc4oc5cc(N(c6ccccc6)c6ccccc6)c6ccccc6c5c34)n2)cc1. The van der Waals surface area contributed by atoms with E-state index >= 15 is 0 Å². The second-order valence-electron chi connectivity index (χ2n) is 11.8. The summed E-state index contributed by atoms with van der Waals surface area (Å²) in [5.74, 6) is 0.659. The van der Waals surface area contributed by atoms with Crippen LogP contribution in [0.2, 0.25) is 0 Å². The van der Waals surface area contributed by atoms with Crippen molar-refractivity contribution >= 4 is 49.8 Å². The van der Waals surface area contributed by atoms with Gasteiger partial charge in [-0.25, -0.2) is 9.97 Å². The molecule has 4 nitrogen and oxygen atoms in total. The van der Waals surface area contributed by atoms with E-state index in [0.29, 0.717) is 5.82 Å². The van der Waals surface area contributed by atoms with Crippen molar-refractivity contribution in [2.24, 2.45) is 0 Å². The third-order valence-electron chi connectivity index (χ3n) is 8.86. The number of hydrogen-bond acceptors (Lipinski definition) is 4. The van der Waals surface area contributed by atoms with Crippen LogP contribution in [0.4, 0.5) is 17.1 Å². The molecule has 0 bridgehead atoms. The van der Waals surface area contributed by atoms with Gasteiger partial charge < -0.3 is 9.32 Å². The Hall–Kier alpha value is -6.52. The van der Waals surface area contributed by atoms with Crippen LogP contribution in [0.1, 0.15) is 0 Å². The van der Waals surface area contributed by atoms with Crippen molar-refractivity contribution in [2.75, 3.05) is 4.90 Å². The number of para-hydroxylation sites is 2. The monoisotopic (exact) mass is 615 g/mol. The molecule has 0 radical (unpaired) electrons. The molecule has 4 heteroatoms. The van der Waals surface area contributed by atoms with Gasteiger partial charge in [0.05, 0.1) is 17.1 Å². The predicted molar refractivity (Wildman–Crippen MR) is 198 cm³/mol. The third kappa shape index (κ3) is 4.79. The van der Waals surface area contributed by atoms with Gasteiger partial charge >= 0.3 is 0 Å². The van der Waals surface area contributed by atoms with Crippen LogP contribution in [0.3, 0.4) is 0 Å². The molecule has 0 N–H and O–H groups in total. The molecule has 0 amide bonds. The lowest BCUT2D eigenvalue weighted by molar-refractivity contribution is 0.669. The number of hydrogen-bond donors (Lipinski definition) is 0. The average molecular weight is 616 g/mol. The highest BCUT2D eigenvalue weighted by atomic mass is 16.3. The van der Waals surface area contributed by atoms with E-state index in [2.05, 4.69) is 120 Å². The summed E-state index contributed by atoms with van der Waals surface area (Å²) in [5, 5.41) is 4.29. The van der Waals surface area contributed by atoms with Crippen LogP contribution >= 0.6 is 0 Å². The number of anilines is 3. The molecule has 2 heterocycles.